The molecule has 8 nitrogen and oxygen atoms in total. The summed E-state index contributed by atoms with van der Waals surface area (Å²) in [6.45, 7) is 0.273. The molecule has 27 heavy (non-hydrogen) atoms. The normalized spacial score (nSPS) is 10.1. The van der Waals surface area contributed by atoms with Crippen LogP contribution in [0.15, 0.2) is 48.5 Å². The molecular formula is C19H20N4O4. The van der Waals surface area contributed by atoms with Gasteiger partial charge in [0.2, 0.25) is 0 Å². The van der Waals surface area contributed by atoms with Crippen LogP contribution in [0.25, 0.3) is 0 Å². The van der Waals surface area contributed by atoms with Gasteiger partial charge in [0.15, 0.2) is 0 Å². The van der Waals surface area contributed by atoms with Crippen molar-refractivity contribution in [2.75, 3.05) is 6.54 Å². The maximum absolute atomic E-state index is 12.2. The zero-order chi connectivity index (χ0) is 19.8. The van der Waals surface area contributed by atoms with Crippen LogP contribution in [0.3, 0.4) is 0 Å². The molecule has 0 spiro atoms. The number of carbonyl (C=O) groups is 3. The number of aliphatic carboxylic acids is 1. The zero-order valence-corrected chi connectivity index (χ0v) is 14.5. The van der Waals surface area contributed by atoms with Crippen molar-refractivity contribution in [1.82, 2.24) is 10.6 Å². The van der Waals surface area contributed by atoms with Gasteiger partial charge in [0.05, 0.1) is 6.42 Å². The van der Waals surface area contributed by atoms with Crippen LogP contribution < -0.4 is 16.4 Å². The summed E-state index contributed by atoms with van der Waals surface area (Å²) in [4.78, 5) is 34.7. The minimum Gasteiger partial charge on any atom is -0.481 e. The Morgan fingerprint density at radius 1 is 0.926 bits per heavy atom. The molecular weight excluding hydrogens is 348 g/mol. The molecule has 0 fully saturated rings. The van der Waals surface area contributed by atoms with Crippen LogP contribution >= 0.6 is 0 Å². The Balaban J connectivity index is 1.93. The first-order chi connectivity index (χ1) is 12.9. The highest BCUT2D eigenvalue weighted by Gasteiger charge is 2.09. The summed E-state index contributed by atoms with van der Waals surface area (Å²) >= 11 is 0. The molecule has 0 saturated carbocycles. The Morgan fingerprint density at radius 3 is 2.19 bits per heavy atom. The predicted molar refractivity (Wildman–Crippen MR) is 99.7 cm³/mol. The molecule has 0 aliphatic rings. The van der Waals surface area contributed by atoms with E-state index < -0.39 is 5.97 Å². The fourth-order valence-electron chi connectivity index (χ4n) is 2.29. The average Bonchev–Trinajstić information content (AvgIpc) is 2.66. The number of nitrogen functional groups attached to an aromatic ring is 1. The van der Waals surface area contributed by atoms with Crippen LogP contribution in [0, 0.1) is 5.41 Å². The van der Waals surface area contributed by atoms with Crippen molar-refractivity contribution >= 4 is 23.6 Å². The van der Waals surface area contributed by atoms with E-state index in [0.29, 0.717) is 16.7 Å². The van der Waals surface area contributed by atoms with E-state index in [1.807, 2.05) is 0 Å². The third-order valence-electron chi connectivity index (χ3n) is 3.72. The van der Waals surface area contributed by atoms with E-state index in [9.17, 15) is 14.4 Å². The van der Waals surface area contributed by atoms with Crippen LogP contribution in [0.1, 0.15) is 38.3 Å². The van der Waals surface area contributed by atoms with Gasteiger partial charge in [-0.25, -0.2) is 0 Å². The number of amides is 2. The maximum Gasteiger partial charge on any atom is 0.305 e. The highest BCUT2D eigenvalue weighted by atomic mass is 16.4. The SMILES string of the molecule is N=C(N)c1ccc(C(=O)NCc2cccc(C(=O)NCCC(=O)O)c2)cc1. The van der Waals surface area contributed by atoms with Gasteiger partial charge in [0.1, 0.15) is 5.84 Å². The van der Waals surface area contributed by atoms with E-state index in [0.717, 1.165) is 5.56 Å². The fourth-order valence-corrected chi connectivity index (χ4v) is 2.29. The summed E-state index contributed by atoms with van der Waals surface area (Å²) < 4.78 is 0. The Hall–Kier alpha value is -3.68. The van der Waals surface area contributed by atoms with Crippen molar-refractivity contribution in [3.8, 4) is 0 Å². The maximum atomic E-state index is 12.2. The van der Waals surface area contributed by atoms with E-state index in [-0.39, 0.29) is 37.2 Å². The first kappa shape index (κ1) is 19.6. The standard InChI is InChI=1S/C19H20N4O4/c20-17(21)13-4-6-14(7-5-13)18(26)23-11-12-2-1-3-15(10-12)19(27)22-9-8-16(24)25/h1-7,10H,8-9,11H2,(H3,20,21)(H,22,27)(H,23,26)(H,24,25). The van der Waals surface area contributed by atoms with E-state index in [4.69, 9.17) is 16.2 Å². The molecule has 0 unspecified atom stereocenters. The van der Waals surface area contributed by atoms with Crippen molar-refractivity contribution in [2.45, 2.75) is 13.0 Å². The van der Waals surface area contributed by atoms with Crippen molar-refractivity contribution in [2.24, 2.45) is 5.73 Å². The summed E-state index contributed by atoms with van der Waals surface area (Å²) in [5.74, 6) is -1.71. The Bertz CT molecular complexity index is 862. The smallest absolute Gasteiger partial charge is 0.305 e. The highest BCUT2D eigenvalue weighted by Crippen LogP contribution is 2.07. The molecule has 0 aliphatic heterocycles. The molecule has 0 radical (unpaired) electrons. The second-order valence-electron chi connectivity index (χ2n) is 5.77. The molecule has 6 N–H and O–H groups in total. The Labute approximate surface area is 155 Å². The van der Waals surface area contributed by atoms with Gasteiger partial charge in [-0.15, -0.1) is 0 Å². The Morgan fingerprint density at radius 2 is 1.56 bits per heavy atom. The van der Waals surface area contributed by atoms with Crippen molar-refractivity contribution in [1.29, 1.82) is 5.41 Å². The lowest BCUT2D eigenvalue weighted by atomic mass is 10.1. The van der Waals surface area contributed by atoms with Gasteiger partial charge in [0.25, 0.3) is 11.8 Å². The lowest BCUT2D eigenvalue weighted by Crippen LogP contribution is -2.26. The number of rotatable bonds is 8. The van der Waals surface area contributed by atoms with Crippen LogP contribution in [0.5, 0.6) is 0 Å². The zero-order valence-electron chi connectivity index (χ0n) is 14.5. The first-order valence-electron chi connectivity index (χ1n) is 8.18. The molecule has 2 aromatic carbocycles. The molecule has 2 amide bonds. The number of carboxylic acid groups (broad SMARTS) is 1. The summed E-state index contributed by atoms with van der Waals surface area (Å²) in [6.07, 6.45) is -0.149. The van der Waals surface area contributed by atoms with E-state index in [1.165, 1.54) is 0 Å². The van der Waals surface area contributed by atoms with Crippen LogP contribution in [-0.4, -0.2) is 35.3 Å². The summed E-state index contributed by atoms with van der Waals surface area (Å²) in [6, 6.07) is 13.1. The third-order valence-corrected chi connectivity index (χ3v) is 3.72. The molecule has 0 heterocycles. The number of benzene rings is 2. The van der Waals surface area contributed by atoms with Gasteiger partial charge in [-0.1, -0.05) is 24.3 Å². The molecule has 8 heteroatoms. The number of carboxylic acids is 1. The molecule has 0 saturated heterocycles. The average molecular weight is 368 g/mol. The molecule has 0 aliphatic carbocycles. The number of amidine groups is 1. The molecule has 0 aromatic heterocycles. The highest BCUT2D eigenvalue weighted by molar-refractivity contribution is 5.98. The number of nitrogens with two attached hydrogens (primary N) is 1. The number of nitrogens with one attached hydrogen (secondary N) is 3. The van der Waals surface area contributed by atoms with Crippen LogP contribution in [-0.2, 0) is 11.3 Å². The molecule has 0 bridgehead atoms. The molecule has 2 rings (SSSR count). The number of carbonyl (C=O) groups excluding carboxylic acids is 2. The largest absolute Gasteiger partial charge is 0.481 e. The third kappa shape index (κ3) is 5.96. The minimum absolute atomic E-state index is 0.0470. The van der Waals surface area contributed by atoms with Gasteiger partial charge in [-0.05, 0) is 29.8 Å². The predicted octanol–water partition coefficient (Wildman–Crippen LogP) is 1.11. The number of hydrogen-bond donors (Lipinski definition) is 5. The monoisotopic (exact) mass is 368 g/mol. The van der Waals surface area contributed by atoms with Crippen molar-refractivity contribution in [3.63, 3.8) is 0 Å². The van der Waals surface area contributed by atoms with Gasteiger partial charge in [-0.2, -0.15) is 0 Å². The summed E-state index contributed by atoms with van der Waals surface area (Å²) in [5, 5.41) is 21.2. The number of hydrogen-bond acceptors (Lipinski definition) is 4. The van der Waals surface area contributed by atoms with Gasteiger partial charge < -0.3 is 21.5 Å². The quantitative estimate of drug-likeness (QED) is 0.350. The minimum atomic E-state index is -0.983. The fraction of sp³-hybridized carbons (Fsp3) is 0.158. The summed E-state index contributed by atoms with van der Waals surface area (Å²) in [5.41, 5.74) is 7.47. The lowest BCUT2D eigenvalue weighted by molar-refractivity contribution is -0.136. The topological polar surface area (TPSA) is 145 Å². The second-order valence-corrected chi connectivity index (χ2v) is 5.77. The summed E-state index contributed by atoms with van der Waals surface area (Å²) in [7, 11) is 0. The van der Waals surface area contributed by atoms with Crippen LogP contribution in [0.4, 0.5) is 0 Å². The second kappa shape index (κ2) is 9.14. The van der Waals surface area contributed by atoms with E-state index >= 15 is 0 Å². The van der Waals surface area contributed by atoms with Crippen molar-refractivity contribution < 1.29 is 19.5 Å². The lowest BCUT2D eigenvalue weighted by Gasteiger charge is -2.08. The van der Waals surface area contributed by atoms with Crippen molar-refractivity contribution in [3.05, 3.63) is 70.8 Å². The molecule has 140 valence electrons. The molecule has 0 atom stereocenters. The van der Waals surface area contributed by atoms with Crippen LogP contribution in [0.2, 0.25) is 0 Å². The van der Waals surface area contributed by atoms with Gasteiger partial charge >= 0.3 is 5.97 Å². The Kier molecular flexibility index (Phi) is 6.65. The van der Waals surface area contributed by atoms with E-state index in [1.54, 1.807) is 48.5 Å². The molecule has 2 aromatic rings. The van der Waals surface area contributed by atoms with E-state index in [2.05, 4.69) is 10.6 Å². The van der Waals surface area contributed by atoms with Gasteiger partial charge in [0, 0.05) is 29.8 Å². The van der Waals surface area contributed by atoms with Gasteiger partial charge in [-0.3, -0.25) is 19.8 Å². The first-order valence-corrected chi connectivity index (χ1v) is 8.18.